The van der Waals surface area contributed by atoms with E-state index < -0.39 is 5.82 Å². The van der Waals surface area contributed by atoms with Crippen molar-refractivity contribution in [3.8, 4) is 11.4 Å². The van der Waals surface area contributed by atoms with Crippen LogP contribution >= 0.6 is 0 Å². The molecule has 1 atom stereocenters. The van der Waals surface area contributed by atoms with Crippen LogP contribution in [0, 0.1) is 5.82 Å². The van der Waals surface area contributed by atoms with Crippen LogP contribution in [0.3, 0.4) is 0 Å². The Morgan fingerprint density at radius 3 is 2.88 bits per heavy atom. The highest BCUT2D eigenvalue weighted by Crippen LogP contribution is 2.45. The lowest BCUT2D eigenvalue weighted by atomic mass is 9.85. The van der Waals surface area contributed by atoms with Gasteiger partial charge in [-0.2, -0.15) is 9.78 Å². The maximum atomic E-state index is 13.0. The molecule has 1 aromatic carbocycles. The molecule has 1 unspecified atom stereocenters. The number of allylic oxidation sites excluding steroid dienone is 1. The van der Waals surface area contributed by atoms with Crippen molar-refractivity contribution in [3.63, 3.8) is 0 Å². The minimum Gasteiger partial charge on any atom is -0.485 e. The maximum absolute atomic E-state index is 13.0. The standard InChI is InChI=1S/C24H20FN5O2/c1-29-21-8-17(5-6-19(21)23-20-7-2-14(10-27-20)24(23)29)30-22(31)9-18(12-28-30)32-13-16-4-3-15(25)11-26-16/h3-6,8-12,20,27H,2,7,13H2,1H3. The van der Waals surface area contributed by atoms with Gasteiger partial charge in [0.25, 0.3) is 5.56 Å². The van der Waals surface area contributed by atoms with E-state index in [1.165, 1.54) is 51.3 Å². The minimum atomic E-state index is -0.408. The Bertz CT molecular complexity index is 1450. The molecule has 32 heavy (non-hydrogen) atoms. The van der Waals surface area contributed by atoms with Gasteiger partial charge in [0.15, 0.2) is 0 Å². The number of aromatic nitrogens is 4. The fourth-order valence-electron chi connectivity index (χ4n) is 4.71. The summed E-state index contributed by atoms with van der Waals surface area (Å²) < 4.78 is 22.2. The molecule has 1 N–H and O–H groups in total. The number of hydrogen-bond donors (Lipinski definition) is 1. The van der Waals surface area contributed by atoms with Crippen LogP contribution in [0.2, 0.25) is 0 Å². The summed E-state index contributed by atoms with van der Waals surface area (Å²) in [5.41, 5.74) is 5.99. The number of rotatable bonds is 4. The van der Waals surface area contributed by atoms with Crippen LogP contribution in [-0.4, -0.2) is 19.3 Å². The molecule has 3 aliphatic rings. The number of halogens is 1. The molecular weight excluding hydrogens is 409 g/mol. The molecule has 0 spiro atoms. The van der Waals surface area contributed by atoms with Crippen molar-refractivity contribution >= 4 is 16.5 Å². The molecule has 7 nitrogen and oxygen atoms in total. The molecular formula is C24H20FN5O2. The van der Waals surface area contributed by atoms with Gasteiger partial charge in [-0.25, -0.2) is 4.39 Å². The van der Waals surface area contributed by atoms with Gasteiger partial charge in [0, 0.05) is 30.3 Å². The zero-order chi connectivity index (χ0) is 21.8. The van der Waals surface area contributed by atoms with E-state index in [4.69, 9.17) is 4.74 Å². The van der Waals surface area contributed by atoms with Crippen LogP contribution < -0.4 is 15.6 Å². The van der Waals surface area contributed by atoms with Crippen LogP contribution in [0.25, 0.3) is 22.2 Å². The van der Waals surface area contributed by atoms with Gasteiger partial charge in [0.1, 0.15) is 18.2 Å². The van der Waals surface area contributed by atoms with E-state index in [1.807, 2.05) is 12.1 Å². The summed E-state index contributed by atoms with van der Waals surface area (Å²) in [5, 5.41) is 8.99. The van der Waals surface area contributed by atoms with Crippen molar-refractivity contribution in [2.75, 3.05) is 0 Å². The smallest absolute Gasteiger partial charge is 0.275 e. The first-order chi connectivity index (χ1) is 15.6. The molecule has 0 radical (unpaired) electrons. The third-order valence-corrected chi connectivity index (χ3v) is 6.23. The monoisotopic (exact) mass is 429 g/mol. The molecule has 0 saturated carbocycles. The van der Waals surface area contributed by atoms with Gasteiger partial charge in [0.2, 0.25) is 0 Å². The predicted octanol–water partition coefficient (Wildman–Crippen LogP) is 3.62. The number of hydrogen-bond acceptors (Lipinski definition) is 5. The van der Waals surface area contributed by atoms with Crippen molar-refractivity contribution in [1.29, 1.82) is 0 Å². The lowest BCUT2D eigenvalue weighted by Gasteiger charge is -2.32. The molecule has 3 aromatic heterocycles. The highest BCUT2D eigenvalue weighted by atomic mass is 19.1. The van der Waals surface area contributed by atoms with Gasteiger partial charge in [-0.1, -0.05) is 6.07 Å². The van der Waals surface area contributed by atoms with Crippen LogP contribution in [0.5, 0.6) is 5.75 Å². The van der Waals surface area contributed by atoms with E-state index in [-0.39, 0.29) is 12.2 Å². The number of aryl methyl sites for hydroxylation is 1. The summed E-state index contributed by atoms with van der Waals surface area (Å²) in [6, 6.07) is 10.6. The second-order valence-electron chi connectivity index (χ2n) is 8.15. The number of nitrogens with one attached hydrogen (secondary N) is 1. The summed E-state index contributed by atoms with van der Waals surface area (Å²) >= 11 is 0. The maximum Gasteiger partial charge on any atom is 0.275 e. The molecule has 0 amide bonds. The Morgan fingerprint density at radius 2 is 2.12 bits per heavy atom. The number of benzene rings is 1. The van der Waals surface area contributed by atoms with Crippen molar-refractivity contribution in [1.82, 2.24) is 24.6 Å². The Hall–Kier alpha value is -3.94. The fourth-order valence-corrected chi connectivity index (χ4v) is 4.71. The Kier molecular flexibility index (Phi) is 4.14. The van der Waals surface area contributed by atoms with Gasteiger partial charge in [-0.05, 0) is 42.7 Å². The molecule has 2 aliphatic heterocycles. The highest BCUT2D eigenvalue weighted by Gasteiger charge is 2.32. The number of fused-ring (bicyclic) bond motifs is 3. The molecule has 0 fully saturated rings. The highest BCUT2D eigenvalue weighted by molar-refractivity contribution is 5.93. The molecule has 8 heteroatoms. The van der Waals surface area contributed by atoms with E-state index in [0.29, 0.717) is 23.2 Å². The van der Waals surface area contributed by atoms with E-state index in [9.17, 15) is 9.18 Å². The van der Waals surface area contributed by atoms with E-state index in [1.54, 1.807) is 0 Å². The average Bonchev–Trinajstić information content (AvgIpc) is 3.14. The molecule has 7 rings (SSSR count). The second-order valence-corrected chi connectivity index (χ2v) is 8.15. The zero-order valence-corrected chi connectivity index (χ0v) is 17.4. The lowest BCUT2D eigenvalue weighted by molar-refractivity contribution is 0.298. The van der Waals surface area contributed by atoms with E-state index in [0.717, 1.165) is 24.6 Å². The summed E-state index contributed by atoms with van der Waals surface area (Å²) in [5.74, 6) is -0.0722. The number of ether oxygens (including phenoxy) is 1. The van der Waals surface area contributed by atoms with Gasteiger partial charge < -0.3 is 14.6 Å². The molecule has 0 saturated heterocycles. The fraction of sp³-hybridized carbons (Fsp3) is 0.208. The first-order valence-electron chi connectivity index (χ1n) is 10.5. The third-order valence-electron chi connectivity index (χ3n) is 6.23. The second kappa shape index (κ2) is 7.05. The van der Waals surface area contributed by atoms with Gasteiger partial charge in [0.05, 0.1) is 41.0 Å². The SMILES string of the molecule is Cn1c2c(c3ccc(-n4ncc(OCc5ccc(F)cn5)cc4=O)cc31)C1CCC2=CN1. The van der Waals surface area contributed by atoms with Crippen molar-refractivity contribution in [3.05, 3.63) is 88.1 Å². The Morgan fingerprint density at radius 1 is 1.22 bits per heavy atom. The van der Waals surface area contributed by atoms with Crippen LogP contribution in [0.1, 0.15) is 35.8 Å². The molecule has 160 valence electrons. The largest absolute Gasteiger partial charge is 0.485 e. The van der Waals surface area contributed by atoms with Gasteiger partial charge in [-0.15, -0.1) is 0 Å². The van der Waals surface area contributed by atoms with E-state index >= 15 is 0 Å². The summed E-state index contributed by atoms with van der Waals surface area (Å²) in [4.78, 5) is 16.7. The Labute approximate surface area is 182 Å². The molecule has 2 bridgehead atoms. The van der Waals surface area contributed by atoms with E-state index in [2.05, 4.69) is 39.3 Å². The first kappa shape index (κ1) is 18.8. The summed E-state index contributed by atoms with van der Waals surface area (Å²) in [6.45, 7) is 0.122. The van der Waals surface area contributed by atoms with Gasteiger partial charge >= 0.3 is 0 Å². The average molecular weight is 429 g/mol. The molecule has 5 heterocycles. The number of nitrogens with zero attached hydrogens (tertiary/aromatic N) is 4. The summed E-state index contributed by atoms with van der Waals surface area (Å²) in [7, 11) is 2.07. The van der Waals surface area contributed by atoms with Crippen LogP contribution in [0.4, 0.5) is 4.39 Å². The zero-order valence-electron chi connectivity index (χ0n) is 17.4. The topological polar surface area (TPSA) is 74.0 Å². The minimum absolute atomic E-state index is 0.122. The normalized spacial score (nSPS) is 16.6. The van der Waals surface area contributed by atoms with Crippen LogP contribution in [-0.2, 0) is 13.7 Å². The predicted molar refractivity (Wildman–Crippen MR) is 118 cm³/mol. The Balaban J connectivity index is 1.32. The quantitative estimate of drug-likeness (QED) is 0.537. The van der Waals surface area contributed by atoms with Crippen LogP contribution in [0.15, 0.2) is 59.8 Å². The van der Waals surface area contributed by atoms with Crippen molar-refractivity contribution < 1.29 is 9.13 Å². The lowest BCUT2D eigenvalue weighted by Crippen LogP contribution is -2.26. The van der Waals surface area contributed by atoms with Crippen molar-refractivity contribution in [2.45, 2.75) is 25.5 Å². The summed E-state index contributed by atoms with van der Waals surface area (Å²) in [6.07, 6.45) is 6.94. The van der Waals surface area contributed by atoms with Gasteiger partial charge in [-0.3, -0.25) is 9.78 Å². The molecule has 4 aromatic rings. The number of pyridine rings is 1. The third kappa shape index (κ3) is 2.90. The molecule has 1 aliphatic carbocycles. The van der Waals surface area contributed by atoms with Crippen molar-refractivity contribution in [2.24, 2.45) is 7.05 Å². The first-order valence-corrected chi connectivity index (χ1v) is 10.5.